The second-order valence-electron chi connectivity index (χ2n) is 5.84. The van der Waals surface area contributed by atoms with Crippen LogP contribution in [0.1, 0.15) is 59.8 Å². The molecule has 0 bridgehead atoms. The van der Waals surface area contributed by atoms with Gasteiger partial charge in [0.2, 0.25) is 0 Å². The largest absolute Gasteiger partial charge is 0.313 e. The Morgan fingerprint density at radius 3 is 2.40 bits per heavy atom. The minimum absolute atomic E-state index is 0.810. The van der Waals surface area contributed by atoms with E-state index in [-0.39, 0.29) is 0 Å². The van der Waals surface area contributed by atoms with Gasteiger partial charge < -0.3 is 5.32 Å². The summed E-state index contributed by atoms with van der Waals surface area (Å²) in [7, 11) is 0. The number of hydrogen-bond acceptors (Lipinski definition) is 1. The molecule has 1 aliphatic rings. The number of nitrogens with one attached hydrogen (secondary N) is 1. The molecular weight excluding hydrogens is 182 g/mol. The molecule has 3 unspecified atom stereocenters. The van der Waals surface area contributed by atoms with Crippen LogP contribution in [0, 0.1) is 17.8 Å². The smallest absolute Gasteiger partial charge is 0.00954 e. The fourth-order valence-electron chi connectivity index (χ4n) is 2.66. The molecule has 0 aromatic heterocycles. The topological polar surface area (TPSA) is 12.0 Å². The van der Waals surface area contributed by atoms with Gasteiger partial charge in [-0.2, -0.15) is 0 Å². The summed E-state index contributed by atoms with van der Waals surface area (Å²) in [6.45, 7) is 10.6. The molecule has 15 heavy (non-hydrogen) atoms. The highest BCUT2D eigenvalue weighted by Crippen LogP contribution is 2.25. The molecule has 3 atom stereocenters. The predicted molar refractivity (Wildman–Crippen MR) is 68.0 cm³/mol. The Morgan fingerprint density at radius 1 is 1.20 bits per heavy atom. The molecule has 0 saturated carbocycles. The highest BCUT2D eigenvalue weighted by Gasteiger charge is 2.24. The maximum atomic E-state index is 3.74. The summed E-state index contributed by atoms with van der Waals surface area (Å²) in [5, 5.41) is 3.74. The summed E-state index contributed by atoms with van der Waals surface area (Å²) in [6, 6.07) is 0.810. The van der Waals surface area contributed by atoms with Gasteiger partial charge in [-0.25, -0.2) is 0 Å². The van der Waals surface area contributed by atoms with Crippen molar-refractivity contribution in [3.05, 3.63) is 0 Å². The molecule has 0 radical (unpaired) electrons. The molecular formula is C14H29N. The van der Waals surface area contributed by atoms with Crippen LogP contribution in [0.3, 0.4) is 0 Å². The summed E-state index contributed by atoms with van der Waals surface area (Å²) in [6.07, 6.45) is 6.98. The van der Waals surface area contributed by atoms with E-state index in [0.29, 0.717) is 0 Å². The van der Waals surface area contributed by atoms with Crippen LogP contribution in [0.25, 0.3) is 0 Å². The van der Waals surface area contributed by atoms with Gasteiger partial charge in [0.05, 0.1) is 0 Å². The van der Waals surface area contributed by atoms with E-state index < -0.39 is 0 Å². The number of hydrogen-bond donors (Lipinski definition) is 1. The summed E-state index contributed by atoms with van der Waals surface area (Å²) in [4.78, 5) is 0. The summed E-state index contributed by atoms with van der Waals surface area (Å²) in [5.41, 5.74) is 0. The average Bonchev–Trinajstić information content (AvgIpc) is 2.21. The Morgan fingerprint density at radius 2 is 1.93 bits per heavy atom. The fraction of sp³-hybridized carbons (Fsp3) is 1.00. The monoisotopic (exact) mass is 211 g/mol. The van der Waals surface area contributed by atoms with Crippen molar-refractivity contribution in [2.45, 2.75) is 65.8 Å². The van der Waals surface area contributed by atoms with Gasteiger partial charge in [0, 0.05) is 6.04 Å². The lowest BCUT2D eigenvalue weighted by molar-refractivity contribution is 0.232. The quantitative estimate of drug-likeness (QED) is 0.728. The van der Waals surface area contributed by atoms with E-state index in [0.717, 1.165) is 23.8 Å². The highest BCUT2D eigenvalue weighted by molar-refractivity contribution is 4.81. The van der Waals surface area contributed by atoms with Gasteiger partial charge >= 0.3 is 0 Å². The van der Waals surface area contributed by atoms with Crippen molar-refractivity contribution < 1.29 is 0 Å². The molecule has 90 valence electrons. The molecule has 1 nitrogen and oxygen atoms in total. The van der Waals surface area contributed by atoms with E-state index in [1.54, 1.807) is 0 Å². The van der Waals surface area contributed by atoms with Gasteiger partial charge in [-0.3, -0.25) is 0 Å². The van der Waals surface area contributed by atoms with E-state index in [2.05, 4.69) is 33.0 Å². The molecule has 1 fully saturated rings. The molecule has 1 aliphatic heterocycles. The maximum absolute atomic E-state index is 3.74. The first-order valence-corrected chi connectivity index (χ1v) is 6.86. The lowest BCUT2D eigenvalue weighted by atomic mass is 9.83. The van der Waals surface area contributed by atoms with Crippen LogP contribution in [-0.4, -0.2) is 12.6 Å². The SMILES string of the molecule is CCC(CCC(C)C)C1CCC(C)CN1. The molecule has 0 aromatic carbocycles. The van der Waals surface area contributed by atoms with E-state index in [9.17, 15) is 0 Å². The van der Waals surface area contributed by atoms with Crippen LogP contribution in [0.15, 0.2) is 0 Å². The van der Waals surface area contributed by atoms with Crippen molar-refractivity contribution >= 4 is 0 Å². The highest BCUT2D eigenvalue weighted by atomic mass is 14.9. The van der Waals surface area contributed by atoms with Gasteiger partial charge in [0.15, 0.2) is 0 Å². The van der Waals surface area contributed by atoms with Crippen molar-refractivity contribution in [3.63, 3.8) is 0 Å². The van der Waals surface area contributed by atoms with Crippen molar-refractivity contribution in [2.75, 3.05) is 6.54 Å². The minimum Gasteiger partial charge on any atom is -0.313 e. The van der Waals surface area contributed by atoms with Crippen LogP contribution >= 0.6 is 0 Å². The van der Waals surface area contributed by atoms with E-state index in [4.69, 9.17) is 0 Å². The molecule has 0 amide bonds. The van der Waals surface area contributed by atoms with Crippen LogP contribution in [0.4, 0.5) is 0 Å². The minimum atomic E-state index is 0.810. The van der Waals surface area contributed by atoms with E-state index in [1.807, 2.05) is 0 Å². The van der Waals surface area contributed by atoms with Crippen molar-refractivity contribution in [1.82, 2.24) is 5.32 Å². The fourth-order valence-corrected chi connectivity index (χ4v) is 2.66. The van der Waals surface area contributed by atoms with Gasteiger partial charge in [-0.05, 0) is 43.6 Å². The molecule has 0 aliphatic carbocycles. The molecule has 0 aromatic rings. The second kappa shape index (κ2) is 6.52. The molecule has 0 spiro atoms. The predicted octanol–water partition coefficient (Wildman–Crippen LogP) is 3.84. The Balaban J connectivity index is 2.31. The zero-order valence-electron chi connectivity index (χ0n) is 11.1. The molecule has 1 N–H and O–H groups in total. The Hall–Kier alpha value is -0.0400. The lowest BCUT2D eigenvalue weighted by Crippen LogP contribution is -2.42. The third-order valence-corrected chi connectivity index (χ3v) is 3.91. The molecule has 1 heterocycles. The van der Waals surface area contributed by atoms with Crippen molar-refractivity contribution in [3.8, 4) is 0 Å². The first-order valence-electron chi connectivity index (χ1n) is 6.86. The van der Waals surface area contributed by atoms with Crippen LogP contribution in [-0.2, 0) is 0 Å². The average molecular weight is 211 g/mol. The number of rotatable bonds is 5. The summed E-state index contributed by atoms with van der Waals surface area (Å²) < 4.78 is 0. The van der Waals surface area contributed by atoms with Crippen molar-refractivity contribution in [1.29, 1.82) is 0 Å². The third kappa shape index (κ3) is 4.55. The first kappa shape index (κ1) is 13.0. The zero-order valence-corrected chi connectivity index (χ0v) is 11.1. The summed E-state index contributed by atoms with van der Waals surface area (Å²) >= 11 is 0. The van der Waals surface area contributed by atoms with E-state index in [1.165, 1.54) is 38.6 Å². The second-order valence-corrected chi connectivity index (χ2v) is 5.84. The van der Waals surface area contributed by atoms with Crippen LogP contribution in [0.5, 0.6) is 0 Å². The molecule has 1 rings (SSSR count). The van der Waals surface area contributed by atoms with Gasteiger partial charge in [-0.15, -0.1) is 0 Å². The third-order valence-electron chi connectivity index (χ3n) is 3.91. The van der Waals surface area contributed by atoms with Crippen LogP contribution < -0.4 is 5.32 Å². The molecule has 1 saturated heterocycles. The van der Waals surface area contributed by atoms with E-state index >= 15 is 0 Å². The van der Waals surface area contributed by atoms with Gasteiger partial charge in [0.1, 0.15) is 0 Å². The zero-order chi connectivity index (χ0) is 11.3. The Labute approximate surface area is 96.0 Å². The van der Waals surface area contributed by atoms with Gasteiger partial charge in [-0.1, -0.05) is 40.5 Å². The first-order chi connectivity index (χ1) is 7.13. The summed E-state index contributed by atoms with van der Waals surface area (Å²) in [5.74, 6) is 2.67. The standard InChI is InChI=1S/C14H29N/c1-5-13(8-6-11(2)3)14-9-7-12(4)10-15-14/h11-15H,5-10H2,1-4H3. The lowest BCUT2D eigenvalue weighted by Gasteiger charge is -2.34. The van der Waals surface area contributed by atoms with Gasteiger partial charge in [0.25, 0.3) is 0 Å². The maximum Gasteiger partial charge on any atom is 0.00954 e. The van der Waals surface area contributed by atoms with Crippen LogP contribution in [0.2, 0.25) is 0 Å². The Kier molecular flexibility index (Phi) is 5.66. The normalized spacial score (nSPS) is 29.4. The van der Waals surface area contributed by atoms with Crippen molar-refractivity contribution in [2.24, 2.45) is 17.8 Å². The number of piperidine rings is 1. The Bertz CT molecular complexity index is 157. The molecule has 1 heteroatoms.